The zero-order valence-corrected chi connectivity index (χ0v) is 9.01. The van der Waals surface area contributed by atoms with E-state index < -0.39 is 0 Å². The molecule has 1 heteroatoms. The molecule has 0 saturated carbocycles. The van der Waals surface area contributed by atoms with Gasteiger partial charge in [-0.2, -0.15) is 0 Å². The van der Waals surface area contributed by atoms with Crippen molar-refractivity contribution in [1.82, 2.24) is 0 Å². The zero-order chi connectivity index (χ0) is 11.0. The smallest absolute Gasteiger partial charge is 0.0802 e. The van der Waals surface area contributed by atoms with Gasteiger partial charge >= 0.3 is 0 Å². The summed E-state index contributed by atoms with van der Waals surface area (Å²) in [6.45, 7) is 0. The molecule has 0 aromatic heterocycles. The van der Waals surface area contributed by atoms with Gasteiger partial charge in [-0.1, -0.05) is 54.6 Å². The van der Waals surface area contributed by atoms with E-state index in [1.165, 1.54) is 11.1 Å². The van der Waals surface area contributed by atoms with Gasteiger partial charge in [0.05, 0.1) is 6.10 Å². The van der Waals surface area contributed by atoms with E-state index in [9.17, 15) is 5.11 Å². The maximum absolute atomic E-state index is 10.0. The molecule has 0 aliphatic heterocycles. The van der Waals surface area contributed by atoms with Crippen LogP contribution in [0.3, 0.4) is 0 Å². The molecule has 2 aromatic rings. The van der Waals surface area contributed by atoms with Gasteiger partial charge in [-0.3, -0.25) is 0 Å². The third kappa shape index (κ3) is 1.44. The highest BCUT2D eigenvalue weighted by Crippen LogP contribution is 2.43. The Labute approximate surface area is 95.4 Å². The molecule has 0 saturated heterocycles. The molecule has 2 atom stereocenters. The molecular formula is C15H14O. The Morgan fingerprint density at radius 1 is 0.812 bits per heavy atom. The van der Waals surface area contributed by atoms with Gasteiger partial charge in [0.2, 0.25) is 0 Å². The summed E-state index contributed by atoms with van der Waals surface area (Å²) in [5.41, 5.74) is 3.67. The van der Waals surface area contributed by atoms with Crippen molar-refractivity contribution < 1.29 is 5.11 Å². The van der Waals surface area contributed by atoms with E-state index in [1.54, 1.807) is 0 Å². The maximum atomic E-state index is 10.0. The second kappa shape index (κ2) is 3.76. The molecule has 0 fully saturated rings. The highest BCUT2D eigenvalue weighted by atomic mass is 16.3. The largest absolute Gasteiger partial charge is 0.388 e. The van der Waals surface area contributed by atoms with Crippen LogP contribution in [-0.4, -0.2) is 5.11 Å². The quantitative estimate of drug-likeness (QED) is 0.766. The first kappa shape index (κ1) is 9.61. The molecule has 2 unspecified atom stereocenters. The summed E-state index contributed by atoms with van der Waals surface area (Å²) >= 11 is 0. The van der Waals surface area contributed by atoms with Crippen LogP contribution in [0.1, 0.15) is 35.1 Å². The zero-order valence-electron chi connectivity index (χ0n) is 9.01. The minimum absolute atomic E-state index is 0.304. The molecule has 0 bridgehead atoms. The summed E-state index contributed by atoms with van der Waals surface area (Å²) in [5.74, 6) is 0.354. The SMILES string of the molecule is OC1CC(c2ccccc2)c2ccccc21. The number of hydrogen-bond donors (Lipinski definition) is 1. The first-order valence-corrected chi connectivity index (χ1v) is 5.68. The van der Waals surface area contributed by atoms with E-state index in [1.807, 2.05) is 24.3 Å². The topological polar surface area (TPSA) is 20.2 Å². The van der Waals surface area contributed by atoms with E-state index in [2.05, 4.69) is 30.3 Å². The lowest BCUT2D eigenvalue weighted by molar-refractivity contribution is 0.176. The first-order valence-electron chi connectivity index (χ1n) is 5.68. The summed E-state index contributed by atoms with van der Waals surface area (Å²) in [7, 11) is 0. The fourth-order valence-corrected chi connectivity index (χ4v) is 2.61. The lowest BCUT2D eigenvalue weighted by Crippen LogP contribution is -1.95. The van der Waals surface area contributed by atoms with Gasteiger partial charge in [-0.15, -0.1) is 0 Å². The van der Waals surface area contributed by atoms with Gasteiger partial charge < -0.3 is 5.11 Å². The van der Waals surface area contributed by atoms with Crippen LogP contribution in [0, 0.1) is 0 Å². The Hall–Kier alpha value is -1.60. The molecule has 0 heterocycles. The molecule has 1 N–H and O–H groups in total. The Morgan fingerprint density at radius 3 is 2.19 bits per heavy atom. The monoisotopic (exact) mass is 210 g/mol. The Kier molecular flexibility index (Phi) is 2.26. The fourth-order valence-electron chi connectivity index (χ4n) is 2.61. The van der Waals surface area contributed by atoms with E-state index in [4.69, 9.17) is 0 Å². The normalized spacial score (nSPS) is 23.1. The van der Waals surface area contributed by atoms with Gasteiger partial charge in [0.15, 0.2) is 0 Å². The van der Waals surface area contributed by atoms with E-state index in [0.717, 1.165) is 12.0 Å². The van der Waals surface area contributed by atoms with Crippen molar-refractivity contribution in [2.24, 2.45) is 0 Å². The lowest BCUT2D eigenvalue weighted by atomic mass is 9.93. The van der Waals surface area contributed by atoms with E-state index >= 15 is 0 Å². The fraction of sp³-hybridized carbons (Fsp3) is 0.200. The number of benzene rings is 2. The van der Waals surface area contributed by atoms with Crippen molar-refractivity contribution in [3.05, 3.63) is 71.3 Å². The van der Waals surface area contributed by atoms with Crippen LogP contribution in [0.5, 0.6) is 0 Å². The van der Waals surface area contributed by atoms with Crippen molar-refractivity contribution in [3.8, 4) is 0 Å². The van der Waals surface area contributed by atoms with Crippen LogP contribution in [0.2, 0.25) is 0 Å². The van der Waals surface area contributed by atoms with Crippen LogP contribution < -0.4 is 0 Å². The molecule has 2 aromatic carbocycles. The summed E-state index contributed by atoms with van der Waals surface area (Å²) in [6.07, 6.45) is 0.505. The van der Waals surface area contributed by atoms with Crippen LogP contribution >= 0.6 is 0 Å². The minimum atomic E-state index is -0.304. The molecule has 1 aliphatic carbocycles. The highest BCUT2D eigenvalue weighted by molar-refractivity contribution is 5.43. The number of fused-ring (bicyclic) bond motifs is 1. The summed E-state index contributed by atoms with van der Waals surface area (Å²) in [4.78, 5) is 0. The lowest BCUT2D eigenvalue weighted by Gasteiger charge is -2.11. The molecular weight excluding hydrogens is 196 g/mol. The van der Waals surface area contributed by atoms with Crippen LogP contribution in [0.25, 0.3) is 0 Å². The first-order chi connectivity index (χ1) is 7.86. The van der Waals surface area contributed by atoms with Gasteiger partial charge in [0.1, 0.15) is 0 Å². The summed E-state index contributed by atoms with van der Waals surface area (Å²) in [5, 5.41) is 10.0. The second-order valence-electron chi connectivity index (χ2n) is 4.34. The molecule has 0 amide bonds. The summed E-state index contributed by atoms with van der Waals surface area (Å²) < 4.78 is 0. The molecule has 1 nitrogen and oxygen atoms in total. The average molecular weight is 210 g/mol. The van der Waals surface area contributed by atoms with Crippen molar-refractivity contribution in [2.75, 3.05) is 0 Å². The molecule has 1 aliphatic rings. The third-order valence-electron chi connectivity index (χ3n) is 3.39. The van der Waals surface area contributed by atoms with Crippen LogP contribution in [0.4, 0.5) is 0 Å². The maximum Gasteiger partial charge on any atom is 0.0802 e. The number of aliphatic hydroxyl groups excluding tert-OH is 1. The molecule has 16 heavy (non-hydrogen) atoms. The summed E-state index contributed by atoms with van der Waals surface area (Å²) in [6, 6.07) is 18.6. The van der Waals surface area contributed by atoms with Crippen LogP contribution in [-0.2, 0) is 0 Å². The van der Waals surface area contributed by atoms with E-state index in [-0.39, 0.29) is 6.10 Å². The Morgan fingerprint density at radius 2 is 1.44 bits per heavy atom. The molecule has 0 radical (unpaired) electrons. The van der Waals surface area contributed by atoms with Crippen LogP contribution in [0.15, 0.2) is 54.6 Å². The minimum Gasteiger partial charge on any atom is -0.388 e. The Balaban J connectivity index is 2.07. The standard InChI is InChI=1S/C15H14O/c16-15-10-14(11-6-2-1-3-7-11)12-8-4-5-9-13(12)15/h1-9,14-16H,10H2. The average Bonchev–Trinajstić information content (AvgIpc) is 2.69. The molecule has 0 spiro atoms. The van der Waals surface area contributed by atoms with E-state index in [0.29, 0.717) is 5.92 Å². The number of rotatable bonds is 1. The van der Waals surface area contributed by atoms with Gasteiger partial charge in [0.25, 0.3) is 0 Å². The third-order valence-corrected chi connectivity index (χ3v) is 3.39. The van der Waals surface area contributed by atoms with Gasteiger partial charge in [-0.05, 0) is 23.1 Å². The van der Waals surface area contributed by atoms with Crippen molar-refractivity contribution in [2.45, 2.75) is 18.4 Å². The van der Waals surface area contributed by atoms with Gasteiger partial charge in [-0.25, -0.2) is 0 Å². The predicted octanol–water partition coefficient (Wildman–Crippen LogP) is 3.26. The second-order valence-corrected chi connectivity index (χ2v) is 4.34. The Bertz CT molecular complexity index is 490. The van der Waals surface area contributed by atoms with Crippen molar-refractivity contribution in [1.29, 1.82) is 0 Å². The van der Waals surface area contributed by atoms with Gasteiger partial charge in [0, 0.05) is 5.92 Å². The molecule has 3 rings (SSSR count). The number of aliphatic hydroxyl groups is 1. The molecule has 80 valence electrons. The van der Waals surface area contributed by atoms with Crippen molar-refractivity contribution in [3.63, 3.8) is 0 Å². The van der Waals surface area contributed by atoms with Crippen molar-refractivity contribution >= 4 is 0 Å². The highest BCUT2D eigenvalue weighted by Gasteiger charge is 2.29. The predicted molar refractivity (Wildman–Crippen MR) is 64.3 cm³/mol. The number of hydrogen-bond acceptors (Lipinski definition) is 1.